The van der Waals surface area contributed by atoms with Gasteiger partial charge >= 0.3 is 0 Å². The summed E-state index contributed by atoms with van der Waals surface area (Å²) in [6.45, 7) is 3.23. The summed E-state index contributed by atoms with van der Waals surface area (Å²) in [6, 6.07) is 4.65. The first kappa shape index (κ1) is 8.78. The zero-order valence-electron chi connectivity index (χ0n) is 8.11. The van der Waals surface area contributed by atoms with Gasteiger partial charge in [-0.25, -0.2) is 0 Å². The molecule has 1 atom stereocenters. The molecule has 0 bridgehead atoms. The van der Waals surface area contributed by atoms with E-state index in [1.807, 2.05) is 0 Å². The van der Waals surface area contributed by atoms with Crippen LogP contribution in [0.4, 0.5) is 0 Å². The van der Waals surface area contributed by atoms with Crippen molar-refractivity contribution in [3.63, 3.8) is 0 Å². The molecule has 0 unspecified atom stereocenters. The number of nitrogens with zero attached hydrogens (tertiary/aromatic N) is 2. The minimum atomic E-state index is 0.389. The predicted molar refractivity (Wildman–Crippen MR) is 53.3 cm³/mol. The topological polar surface area (TPSA) is 34.2 Å². The van der Waals surface area contributed by atoms with Crippen molar-refractivity contribution >= 4 is 0 Å². The number of aryl methyl sites for hydroxylation is 1. The molecule has 0 amide bonds. The number of hydrogen-bond acceptors (Lipinski definition) is 2. The van der Waals surface area contributed by atoms with Crippen LogP contribution in [0.3, 0.4) is 0 Å². The van der Waals surface area contributed by atoms with Crippen LogP contribution in [0.1, 0.15) is 12.1 Å². The molecule has 2 N–H and O–H groups in total. The summed E-state index contributed by atoms with van der Waals surface area (Å²) >= 11 is 0. The maximum absolute atomic E-state index is 5.84. The third-order valence-electron chi connectivity index (χ3n) is 2.75. The fraction of sp³-hybridized carbons (Fsp3) is 0.600. The number of hydrogen-bond donors (Lipinski definition) is 1. The van der Waals surface area contributed by atoms with E-state index in [0.717, 1.165) is 26.1 Å². The van der Waals surface area contributed by atoms with Crippen LogP contribution >= 0.6 is 0 Å². The van der Waals surface area contributed by atoms with Gasteiger partial charge in [0.05, 0.1) is 0 Å². The summed E-state index contributed by atoms with van der Waals surface area (Å²) in [5.41, 5.74) is 7.21. The summed E-state index contributed by atoms with van der Waals surface area (Å²) < 4.78 is 2.17. The maximum Gasteiger partial charge on any atom is 0.0387 e. The molecule has 1 saturated heterocycles. The molecule has 2 rings (SSSR count). The lowest BCUT2D eigenvalue weighted by atomic mass is 10.3. The molecule has 1 aliphatic rings. The van der Waals surface area contributed by atoms with Gasteiger partial charge < -0.3 is 10.3 Å². The van der Waals surface area contributed by atoms with E-state index in [1.165, 1.54) is 5.69 Å². The van der Waals surface area contributed by atoms with Crippen molar-refractivity contribution < 1.29 is 0 Å². The zero-order chi connectivity index (χ0) is 9.26. The average Bonchev–Trinajstić information content (AvgIpc) is 2.64. The van der Waals surface area contributed by atoms with E-state index in [4.69, 9.17) is 5.73 Å². The monoisotopic (exact) mass is 179 g/mol. The minimum Gasteiger partial charge on any atom is -0.353 e. The lowest BCUT2D eigenvalue weighted by Gasteiger charge is -2.15. The van der Waals surface area contributed by atoms with E-state index in [9.17, 15) is 0 Å². The molecule has 0 aliphatic carbocycles. The van der Waals surface area contributed by atoms with Crippen LogP contribution in [0.5, 0.6) is 0 Å². The Kier molecular flexibility index (Phi) is 2.38. The van der Waals surface area contributed by atoms with Gasteiger partial charge in [0.25, 0.3) is 0 Å². The Hall–Kier alpha value is -0.800. The van der Waals surface area contributed by atoms with Gasteiger partial charge in [0, 0.05) is 44.6 Å². The lowest BCUT2D eigenvalue weighted by Crippen LogP contribution is -2.26. The van der Waals surface area contributed by atoms with Crippen LogP contribution in [0, 0.1) is 0 Å². The van der Waals surface area contributed by atoms with Crippen molar-refractivity contribution in [3.8, 4) is 0 Å². The molecule has 1 fully saturated rings. The highest BCUT2D eigenvalue weighted by Gasteiger charge is 2.19. The van der Waals surface area contributed by atoms with Crippen LogP contribution in [-0.2, 0) is 13.6 Å². The molecule has 3 nitrogen and oxygen atoms in total. The molecule has 72 valence electrons. The normalized spacial score (nSPS) is 24.0. The van der Waals surface area contributed by atoms with Crippen molar-refractivity contribution in [2.45, 2.75) is 19.0 Å². The summed E-state index contributed by atoms with van der Waals surface area (Å²) in [5, 5.41) is 0. The second-order valence-electron chi connectivity index (χ2n) is 3.89. The molecule has 0 aromatic carbocycles. The first-order valence-electron chi connectivity index (χ1n) is 4.84. The number of aromatic nitrogens is 1. The highest BCUT2D eigenvalue weighted by atomic mass is 15.2. The Morgan fingerprint density at radius 2 is 2.46 bits per heavy atom. The maximum atomic E-state index is 5.84. The van der Waals surface area contributed by atoms with Crippen molar-refractivity contribution in [2.75, 3.05) is 13.1 Å². The zero-order valence-corrected chi connectivity index (χ0v) is 8.11. The number of rotatable bonds is 2. The van der Waals surface area contributed by atoms with Crippen molar-refractivity contribution in [1.82, 2.24) is 9.47 Å². The SMILES string of the molecule is Cn1cccc1CN1CC[C@H](N)C1. The molecular formula is C10H17N3. The van der Waals surface area contributed by atoms with Crippen LogP contribution in [0.15, 0.2) is 18.3 Å². The number of nitrogens with two attached hydrogens (primary N) is 1. The van der Waals surface area contributed by atoms with Gasteiger partial charge in [0.15, 0.2) is 0 Å². The standard InChI is InChI=1S/C10H17N3/c1-12-5-2-3-10(12)8-13-6-4-9(11)7-13/h2-3,5,9H,4,6-8,11H2,1H3/t9-/m0/s1. The molecule has 0 spiro atoms. The summed E-state index contributed by atoms with van der Waals surface area (Å²) in [7, 11) is 2.09. The lowest BCUT2D eigenvalue weighted by molar-refractivity contribution is 0.319. The summed E-state index contributed by atoms with van der Waals surface area (Å²) in [6.07, 6.45) is 3.23. The largest absolute Gasteiger partial charge is 0.353 e. The van der Waals surface area contributed by atoms with Gasteiger partial charge in [0.2, 0.25) is 0 Å². The Morgan fingerprint density at radius 1 is 1.62 bits per heavy atom. The fourth-order valence-corrected chi connectivity index (χ4v) is 1.90. The van der Waals surface area contributed by atoms with E-state index >= 15 is 0 Å². The summed E-state index contributed by atoms with van der Waals surface area (Å²) in [5.74, 6) is 0. The van der Waals surface area contributed by atoms with Gasteiger partial charge in [0.1, 0.15) is 0 Å². The Morgan fingerprint density at radius 3 is 3.00 bits per heavy atom. The molecule has 1 aromatic heterocycles. The van der Waals surface area contributed by atoms with Crippen LogP contribution in [0.2, 0.25) is 0 Å². The quantitative estimate of drug-likeness (QED) is 0.719. The Labute approximate surface area is 79.1 Å². The summed E-state index contributed by atoms with van der Waals surface area (Å²) in [4.78, 5) is 2.42. The van der Waals surface area contributed by atoms with E-state index in [2.05, 4.69) is 34.8 Å². The first-order chi connectivity index (χ1) is 6.25. The molecule has 3 heteroatoms. The Balaban J connectivity index is 1.95. The molecule has 2 heterocycles. The van der Waals surface area contributed by atoms with E-state index in [-0.39, 0.29) is 0 Å². The van der Waals surface area contributed by atoms with Crippen LogP contribution < -0.4 is 5.73 Å². The third-order valence-corrected chi connectivity index (χ3v) is 2.75. The van der Waals surface area contributed by atoms with Crippen molar-refractivity contribution in [3.05, 3.63) is 24.0 Å². The second-order valence-corrected chi connectivity index (χ2v) is 3.89. The van der Waals surface area contributed by atoms with Crippen molar-refractivity contribution in [1.29, 1.82) is 0 Å². The van der Waals surface area contributed by atoms with E-state index in [0.29, 0.717) is 6.04 Å². The highest BCUT2D eigenvalue weighted by molar-refractivity contribution is 5.06. The van der Waals surface area contributed by atoms with Crippen molar-refractivity contribution in [2.24, 2.45) is 12.8 Å². The molecule has 1 aromatic rings. The van der Waals surface area contributed by atoms with Gasteiger partial charge in [-0.05, 0) is 18.6 Å². The first-order valence-corrected chi connectivity index (χ1v) is 4.84. The van der Waals surface area contributed by atoms with Crippen LogP contribution in [0.25, 0.3) is 0 Å². The fourth-order valence-electron chi connectivity index (χ4n) is 1.90. The molecule has 13 heavy (non-hydrogen) atoms. The molecule has 1 aliphatic heterocycles. The van der Waals surface area contributed by atoms with Gasteiger partial charge in [-0.1, -0.05) is 0 Å². The highest BCUT2D eigenvalue weighted by Crippen LogP contribution is 2.11. The van der Waals surface area contributed by atoms with Gasteiger partial charge in [-0.3, -0.25) is 4.90 Å². The predicted octanol–water partition coefficient (Wildman–Crippen LogP) is 0.558. The van der Waals surface area contributed by atoms with E-state index < -0.39 is 0 Å². The van der Waals surface area contributed by atoms with Gasteiger partial charge in [-0.15, -0.1) is 0 Å². The minimum absolute atomic E-state index is 0.389. The third kappa shape index (κ3) is 1.92. The van der Waals surface area contributed by atoms with Gasteiger partial charge in [-0.2, -0.15) is 0 Å². The Bertz CT molecular complexity index is 279. The van der Waals surface area contributed by atoms with E-state index in [1.54, 1.807) is 0 Å². The average molecular weight is 179 g/mol. The second kappa shape index (κ2) is 3.52. The van der Waals surface area contributed by atoms with Crippen LogP contribution in [-0.4, -0.2) is 28.6 Å². The smallest absolute Gasteiger partial charge is 0.0387 e. The number of likely N-dealkylation sites (tertiary alicyclic amines) is 1. The molecular weight excluding hydrogens is 162 g/mol. The molecule has 0 saturated carbocycles. The molecule has 0 radical (unpaired) electrons.